The normalized spacial score (nSPS) is 18.7. The Morgan fingerprint density at radius 2 is 1.90 bits per heavy atom. The number of carbonyl (C=O) groups is 1. The molecule has 1 amide bonds. The van der Waals surface area contributed by atoms with E-state index in [2.05, 4.69) is 66.4 Å². The van der Waals surface area contributed by atoms with Crippen molar-refractivity contribution < 1.29 is 4.79 Å². The van der Waals surface area contributed by atoms with Gasteiger partial charge in [-0.2, -0.15) is 5.26 Å². The van der Waals surface area contributed by atoms with Crippen LogP contribution >= 0.6 is 23.5 Å². The number of nitrogens with zero attached hydrogens (tertiary/aromatic N) is 3. The second kappa shape index (κ2) is 9.84. The van der Waals surface area contributed by atoms with Crippen LogP contribution in [0.4, 0.5) is 5.69 Å². The molecule has 0 unspecified atom stereocenters. The van der Waals surface area contributed by atoms with E-state index in [9.17, 15) is 10.1 Å². The maximum atomic E-state index is 13.1. The Hall–Kier alpha value is -2.36. The molecule has 6 heteroatoms. The Bertz CT molecular complexity index is 1010. The predicted octanol–water partition coefficient (Wildman–Crippen LogP) is 5.97. The minimum Gasteiger partial charge on any atom is -0.344 e. The van der Waals surface area contributed by atoms with Gasteiger partial charge in [-0.15, -0.1) is 11.8 Å². The van der Waals surface area contributed by atoms with Crippen molar-refractivity contribution in [2.45, 2.75) is 43.4 Å². The molecule has 160 valence electrons. The van der Waals surface area contributed by atoms with Crippen LogP contribution in [-0.2, 0) is 11.2 Å². The van der Waals surface area contributed by atoms with Crippen molar-refractivity contribution in [3.63, 3.8) is 0 Å². The van der Waals surface area contributed by atoms with Crippen LogP contribution in [0.15, 0.2) is 64.0 Å². The third kappa shape index (κ3) is 4.63. The number of nitriles is 1. The molecule has 1 atom stereocenters. The lowest BCUT2D eigenvalue weighted by atomic mass is 9.86. The number of anilines is 1. The molecule has 2 heterocycles. The van der Waals surface area contributed by atoms with Crippen LogP contribution in [0, 0.1) is 11.3 Å². The fraction of sp³-hybridized carbons (Fsp3) is 0.360. The van der Waals surface area contributed by atoms with Crippen LogP contribution in [0.25, 0.3) is 0 Å². The third-order valence-electron chi connectivity index (χ3n) is 5.93. The molecule has 0 radical (unpaired) electrons. The van der Waals surface area contributed by atoms with Crippen molar-refractivity contribution >= 4 is 35.1 Å². The van der Waals surface area contributed by atoms with E-state index < -0.39 is 0 Å². The van der Waals surface area contributed by atoms with Gasteiger partial charge in [0, 0.05) is 22.9 Å². The molecule has 2 aliphatic heterocycles. The average molecular weight is 450 g/mol. The highest BCUT2D eigenvalue weighted by Crippen LogP contribution is 2.43. The standard InChI is InChI=1S/C25H27N3OS2/c1-3-4-5-18-6-10-20(11-7-18)27-16-28-24(29)14-22(23(15-26)25(28)31-17-27)19-8-12-21(30-2)13-9-19/h6-13,22H,3-5,14,16-17H2,1-2H3/t22-/m0/s1. The number of unbranched alkanes of at least 4 members (excludes halogenated alkanes) is 1. The molecule has 2 aromatic rings. The molecule has 4 nitrogen and oxygen atoms in total. The predicted molar refractivity (Wildman–Crippen MR) is 130 cm³/mol. The fourth-order valence-electron chi connectivity index (χ4n) is 4.10. The number of hydrogen-bond donors (Lipinski definition) is 0. The fourth-order valence-corrected chi connectivity index (χ4v) is 5.68. The number of aryl methyl sites for hydroxylation is 1. The van der Waals surface area contributed by atoms with Crippen molar-refractivity contribution in [1.29, 1.82) is 5.26 Å². The first-order chi connectivity index (χ1) is 15.1. The number of rotatable bonds is 6. The smallest absolute Gasteiger partial charge is 0.229 e. The van der Waals surface area contributed by atoms with E-state index >= 15 is 0 Å². The Kier molecular flexibility index (Phi) is 6.94. The molecule has 4 rings (SSSR count). The van der Waals surface area contributed by atoms with Crippen molar-refractivity contribution in [3.05, 3.63) is 70.3 Å². The van der Waals surface area contributed by atoms with E-state index in [4.69, 9.17) is 0 Å². The van der Waals surface area contributed by atoms with Crippen LogP contribution < -0.4 is 4.90 Å². The van der Waals surface area contributed by atoms with E-state index in [1.807, 2.05) is 6.26 Å². The molecule has 0 saturated carbocycles. The summed E-state index contributed by atoms with van der Waals surface area (Å²) in [5.74, 6) is 0.665. The first-order valence-corrected chi connectivity index (χ1v) is 12.9. The number of hydrogen-bond acceptors (Lipinski definition) is 5. The summed E-state index contributed by atoms with van der Waals surface area (Å²) < 4.78 is 0. The largest absolute Gasteiger partial charge is 0.344 e. The summed E-state index contributed by atoms with van der Waals surface area (Å²) in [6.45, 7) is 2.71. The van der Waals surface area contributed by atoms with Gasteiger partial charge in [0.2, 0.25) is 5.91 Å². The van der Waals surface area contributed by atoms with Crippen molar-refractivity contribution in [1.82, 2.24) is 4.90 Å². The van der Waals surface area contributed by atoms with Gasteiger partial charge in [0.05, 0.1) is 29.2 Å². The number of fused-ring (bicyclic) bond motifs is 1. The summed E-state index contributed by atoms with van der Waals surface area (Å²) in [5.41, 5.74) is 4.23. The molecule has 0 aliphatic carbocycles. The Balaban J connectivity index is 1.55. The van der Waals surface area contributed by atoms with Gasteiger partial charge in [-0.25, -0.2) is 0 Å². The Morgan fingerprint density at radius 3 is 2.55 bits per heavy atom. The summed E-state index contributed by atoms with van der Waals surface area (Å²) in [4.78, 5) is 18.3. The highest BCUT2D eigenvalue weighted by Gasteiger charge is 2.38. The number of thioether (sulfide) groups is 2. The van der Waals surface area contributed by atoms with Gasteiger partial charge in [0.1, 0.15) is 0 Å². The van der Waals surface area contributed by atoms with Gasteiger partial charge in [0.25, 0.3) is 0 Å². The molecule has 2 aliphatic rings. The van der Waals surface area contributed by atoms with Gasteiger partial charge in [-0.3, -0.25) is 9.69 Å². The molecular weight excluding hydrogens is 422 g/mol. The third-order valence-corrected chi connectivity index (χ3v) is 7.83. The van der Waals surface area contributed by atoms with Crippen molar-refractivity contribution in [2.75, 3.05) is 23.7 Å². The van der Waals surface area contributed by atoms with Crippen LogP contribution in [0.2, 0.25) is 0 Å². The lowest BCUT2D eigenvalue weighted by Gasteiger charge is -2.42. The summed E-state index contributed by atoms with van der Waals surface area (Å²) in [6, 6.07) is 19.3. The van der Waals surface area contributed by atoms with Crippen molar-refractivity contribution in [2.24, 2.45) is 0 Å². The highest BCUT2D eigenvalue weighted by molar-refractivity contribution is 8.03. The summed E-state index contributed by atoms with van der Waals surface area (Å²) >= 11 is 3.28. The van der Waals surface area contributed by atoms with Crippen LogP contribution in [0.5, 0.6) is 0 Å². The first kappa shape index (κ1) is 21.9. The zero-order valence-electron chi connectivity index (χ0n) is 18.0. The zero-order chi connectivity index (χ0) is 21.8. The summed E-state index contributed by atoms with van der Waals surface area (Å²) in [6.07, 6.45) is 5.89. The zero-order valence-corrected chi connectivity index (χ0v) is 19.6. The van der Waals surface area contributed by atoms with Gasteiger partial charge in [-0.1, -0.05) is 49.4 Å². The van der Waals surface area contributed by atoms with Gasteiger partial charge in [-0.05, 0) is 54.5 Å². The molecule has 2 aromatic carbocycles. The molecule has 0 N–H and O–H groups in total. The number of carbonyl (C=O) groups excluding carboxylic acids is 1. The highest BCUT2D eigenvalue weighted by atomic mass is 32.2. The molecule has 0 bridgehead atoms. The maximum absolute atomic E-state index is 13.1. The van der Waals surface area contributed by atoms with E-state index in [0.29, 0.717) is 13.1 Å². The summed E-state index contributed by atoms with van der Waals surface area (Å²) in [5, 5.41) is 10.8. The van der Waals surface area contributed by atoms with E-state index in [1.165, 1.54) is 23.3 Å². The second-order valence-corrected chi connectivity index (χ2v) is 9.72. The second-order valence-electron chi connectivity index (χ2n) is 7.91. The molecule has 31 heavy (non-hydrogen) atoms. The first-order valence-electron chi connectivity index (χ1n) is 10.7. The lowest BCUT2D eigenvalue weighted by Crippen LogP contribution is -2.47. The Labute approximate surface area is 193 Å². The lowest BCUT2D eigenvalue weighted by molar-refractivity contribution is -0.129. The monoisotopic (exact) mass is 449 g/mol. The molecule has 0 aromatic heterocycles. The molecule has 1 saturated heterocycles. The minimum atomic E-state index is -0.156. The molecule has 0 spiro atoms. The minimum absolute atomic E-state index is 0.0877. The van der Waals surface area contributed by atoms with Gasteiger partial charge < -0.3 is 4.90 Å². The van der Waals surface area contributed by atoms with Crippen LogP contribution in [0.3, 0.4) is 0 Å². The molecule has 1 fully saturated rings. The number of benzene rings is 2. The van der Waals surface area contributed by atoms with Crippen LogP contribution in [0.1, 0.15) is 43.2 Å². The quantitative estimate of drug-likeness (QED) is 0.509. The topological polar surface area (TPSA) is 47.3 Å². The van der Waals surface area contributed by atoms with E-state index in [1.54, 1.807) is 28.4 Å². The van der Waals surface area contributed by atoms with E-state index in [-0.39, 0.29) is 11.8 Å². The van der Waals surface area contributed by atoms with Gasteiger partial charge in [0.15, 0.2) is 0 Å². The average Bonchev–Trinajstić information content (AvgIpc) is 2.83. The maximum Gasteiger partial charge on any atom is 0.229 e. The van der Waals surface area contributed by atoms with Crippen LogP contribution in [-0.4, -0.2) is 29.6 Å². The van der Waals surface area contributed by atoms with Crippen molar-refractivity contribution in [3.8, 4) is 6.07 Å². The van der Waals surface area contributed by atoms with Gasteiger partial charge >= 0.3 is 0 Å². The Morgan fingerprint density at radius 1 is 1.16 bits per heavy atom. The molecular formula is C25H27N3OS2. The summed E-state index contributed by atoms with van der Waals surface area (Å²) in [7, 11) is 0. The van der Waals surface area contributed by atoms with E-state index in [0.717, 1.165) is 34.2 Å². The SMILES string of the molecule is CCCCc1ccc(N2CSC3=C(C#N)[C@H](c4ccc(SC)cc4)CC(=O)N3C2)cc1. The number of amides is 1. The number of allylic oxidation sites excluding steroid dienone is 1.